The Hall–Kier alpha value is -2.09. The molecule has 0 bridgehead atoms. The lowest BCUT2D eigenvalue weighted by Gasteiger charge is -2.29. The van der Waals surface area contributed by atoms with Crippen molar-refractivity contribution in [2.75, 3.05) is 0 Å². The molecular weight excluding hydrogens is 368 g/mol. The van der Waals surface area contributed by atoms with Gasteiger partial charge < -0.3 is 0 Å². The van der Waals surface area contributed by atoms with E-state index in [1.54, 1.807) is 24.3 Å². The molecule has 28 heavy (non-hydrogen) atoms. The lowest BCUT2D eigenvalue weighted by molar-refractivity contribution is 0.117. The second-order valence-corrected chi connectivity index (χ2v) is 9.48. The van der Waals surface area contributed by atoms with Crippen LogP contribution in [0.5, 0.6) is 0 Å². The second-order valence-electron chi connectivity index (χ2n) is 7.91. The van der Waals surface area contributed by atoms with Crippen LogP contribution in [0.3, 0.4) is 0 Å². The average Bonchev–Trinajstić information content (AvgIpc) is 3.13. The highest BCUT2D eigenvalue weighted by Gasteiger charge is 2.40. The first kappa shape index (κ1) is 20.6. The summed E-state index contributed by atoms with van der Waals surface area (Å²) in [4.78, 5) is 0.191. The van der Waals surface area contributed by atoms with Crippen LogP contribution in [0.25, 0.3) is 0 Å². The van der Waals surface area contributed by atoms with Gasteiger partial charge in [-0.25, -0.2) is 4.18 Å². The summed E-state index contributed by atoms with van der Waals surface area (Å²) < 4.78 is 31.3. The van der Waals surface area contributed by atoms with Crippen molar-refractivity contribution >= 4 is 10.1 Å². The molecule has 0 saturated heterocycles. The number of rotatable bonds is 6. The van der Waals surface area contributed by atoms with Gasteiger partial charge in [0.25, 0.3) is 10.1 Å². The maximum Gasteiger partial charge on any atom is 0.298 e. The van der Waals surface area contributed by atoms with Crippen molar-refractivity contribution in [3.8, 4) is 11.8 Å². The quantitative estimate of drug-likeness (QED) is 0.492. The Morgan fingerprint density at radius 2 is 1.68 bits per heavy atom. The van der Waals surface area contributed by atoms with Crippen LogP contribution in [-0.4, -0.2) is 14.5 Å². The molecule has 0 aliphatic heterocycles. The molecule has 3 rings (SSSR count). The fraction of sp³-hybridized carbons (Fsp3) is 0.417. The van der Waals surface area contributed by atoms with Crippen molar-refractivity contribution in [3.63, 3.8) is 0 Å². The smallest absolute Gasteiger partial charge is 0.249 e. The molecule has 0 N–H and O–H groups in total. The zero-order valence-electron chi connectivity index (χ0n) is 16.6. The van der Waals surface area contributed by atoms with E-state index >= 15 is 0 Å². The van der Waals surface area contributed by atoms with E-state index in [-0.39, 0.29) is 10.3 Å². The summed E-state index contributed by atoms with van der Waals surface area (Å²) in [7, 11) is -3.84. The summed E-state index contributed by atoms with van der Waals surface area (Å²) >= 11 is 0. The molecule has 1 fully saturated rings. The molecule has 1 atom stereocenters. The van der Waals surface area contributed by atoms with Crippen LogP contribution in [-0.2, 0) is 20.7 Å². The molecule has 1 aliphatic carbocycles. The second kappa shape index (κ2) is 8.94. The molecule has 0 amide bonds. The third-order valence-corrected chi connectivity index (χ3v) is 6.82. The van der Waals surface area contributed by atoms with Gasteiger partial charge in [-0.1, -0.05) is 73.7 Å². The largest absolute Gasteiger partial charge is 0.298 e. The number of benzene rings is 2. The van der Waals surface area contributed by atoms with Gasteiger partial charge in [-0.05, 0) is 43.9 Å². The van der Waals surface area contributed by atoms with E-state index < -0.39 is 16.2 Å². The Morgan fingerprint density at radius 3 is 2.32 bits per heavy atom. The molecule has 0 radical (unpaired) electrons. The summed E-state index contributed by atoms with van der Waals surface area (Å²) in [5.41, 5.74) is 2.02. The van der Waals surface area contributed by atoms with Crippen LogP contribution in [0.1, 0.15) is 50.2 Å². The van der Waals surface area contributed by atoms with Gasteiger partial charge in [-0.3, -0.25) is 0 Å². The molecule has 0 spiro atoms. The number of hydrogen-bond acceptors (Lipinski definition) is 3. The van der Waals surface area contributed by atoms with E-state index in [4.69, 9.17) is 4.18 Å². The topological polar surface area (TPSA) is 43.4 Å². The van der Waals surface area contributed by atoms with Gasteiger partial charge in [-0.2, -0.15) is 8.42 Å². The summed E-state index contributed by atoms with van der Waals surface area (Å²) in [6, 6.07) is 17.0. The molecule has 2 aromatic carbocycles. The Bertz CT molecular complexity index is 929. The molecule has 0 aromatic heterocycles. The third kappa shape index (κ3) is 5.25. The van der Waals surface area contributed by atoms with Crippen LogP contribution in [0.15, 0.2) is 59.5 Å². The van der Waals surface area contributed by atoms with Gasteiger partial charge in [0.05, 0.1) is 4.90 Å². The minimum Gasteiger partial charge on any atom is -0.249 e. The number of aryl methyl sites for hydroxylation is 2. The zero-order valence-corrected chi connectivity index (χ0v) is 17.5. The predicted molar refractivity (Wildman–Crippen MR) is 112 cm³/mol. The fourth-order valence-corrected chi connectivity index (χ4v) is 4.78. The van der Waals surface area contributed by atoms with Gasteiger partial charge >= 0.3 is 0 Å². The van der Waals surface area contributed by atoms with Crippen LogP contribution in [0.4, 0.5) is 0 Å². The highest BCUT2D eigenvalue weighted by Crippen LogP contribution is 2.42. The van der Waals surface area contributed by atoms with Crippen molar-refractivity contribution in [1.82, 2.24) is 0 Å². The SMILES string of the molecule is Cc1ccc(S(=O)(=O)OC(C#CCCc2ccccc2)C2(C)CCCC2)cc1. The van der Waals surface area contributed by atoms with Crippen LogP contribution in [0, 0.1) is 24.2 Å². The Balaban J connectivity index is 1.76. The standard InChI is InChI=1S/C24H28O3S/c1-20-14-16-22(17-15-20)28(25,26)27-23(24(2)18-8-9-19-24)13-7-6-12-21-10-4-3-5-11-21/h3-5,10-11,14-17,23H,6,8-9,12,18-19H2,1-2H3. The average molecular weight is 397 g/mol. The van der Waals surface area contributed by atoms with Gasteiger partial charge in [0, 0.05) is 11.8 Å². The summed E-state index contributed by atoms with van der Waals surface area (Å²) in [5, 5.41) is 0. The Labute approximate surface area is 169 Å². The summed E-state index contributed by atoms with van der Waals surface area (Å²) in [6.07, 6.45) is 4.98. The van der Waals surface area contributed by atoms with Crippen molar-refractivity contribution in [3.05, 3.63) is 65.7 Å². The van der Waals surface area contributed by atoms with Gasteiger partial charge in [0.1, 0.15) is 6.10 Å². The van der Waals surface area contributed by atoms with Crippen molar-refractivity contribution in [1.29, 1.82) is 0 Å². The van der Waals surface area contributed by atoms with E-state index in [0.29, 0.717) is 6.42 Å². The van der Waals surface area contributed by atoms with Crippen LogP contribution < -0.4 is 0 Å². The molecule has 1 unspecified atom stereocenters. The van der Waals surface area contributed by atoms with Crippen LogP contribution in [0.2, 0.25) is 0 Å². The zero-order chi connectivity index (χ0) is 20.0. The first-order valence-electron chi connectivity index (χ1n) is 9.91. The first-order chi connectivity index (χ1) is 13.4. The molecule has 3 nitrogen and oxygen atoms in total. The number of hydrogen-bond donors (Lipinski definition) is 0. The normalized spacial score (nSPS) is 16.9. The monoisotopic (exact) mass is 396 g/mol. The molecule has 4 heteroatoms. The summed E-state index contributed by atoms with van der Waals surface area (Å²) in [6.45, 7) is 4.03. The van der Waals surface area contributed by atoms with E-state index in [1.165, 1.54) is 5.56 Å². The predicted octanol–water partition coefficient (Wildman–Crippen LogP) is 5.29. The van der Waals surface area contributed by atoms with Crippen molar-refractivity contribution in [2.24, 2.45) is 5.41 Å². The van der Waals surface area contributed by atoms with E-state index in [0.717, 1.165) is 37.7 Å². The van der Waals surface area contributed by atoms with Gasteiger partial charge in [-0.15, -0.1) is 5.92 Å². The molecular formula is C24H28O3S. The lowest BCUT2D eigenvalue weighted by atomic mass is 9.83. The minimum absolute atomic E-state index is 0.191. The lowest BCUT2D eigenvalue weighted by Crippen LogP contribution is -2.33. The molecule has 148 valence electrons. The molecule has 0 heterocycles. The van der Waals surface area contributed by atoms with Gasteiger partial charge in [0.15, 0.2) is 0 Å². The maximum atomic E-state index is 12.8. The highest BCUT2D eigenvalue weighted by atomic mass is 32.2. The molecule has 1 saturated carbocycles. The van der Waals surface area contributed by atoms with Gasteiger partial charge in [0.2, 0.25) is 0 Å². The highest BCUT2D eigenvalue weighted by molar-refractivity contribution is 7.86. The molecule has 1 aliphatic rings. The van der Waals surface area contributed by atoms with E-state index in [2.05, 4.69) is 30.9 Å². The van der Waals surface area contributed by atoms with E-state index in [1.807, 2.05) is 25.1 Å². The Kier molecular flexibility index (Phi) is 6.59. The van der Waals surface area contributed by atoms with E-state index in [9.17, 15) is 8.42 Å². The van der Waals surface area contributed by atoms with Crippen molar-refractivity contribution in [2.45, 2.75) is 63.4 Å². The Morgan fingerprint density at radius 1 is 1.04 bits per heavy atom. The van der Waals surface area contributed by atoms with Crippen LogP contribution >= 0.6 is 0 Å². The molecule has 2 aromatic rings. The third-order valence-electron chi connectivity index (χ3n) is 5.53. The maximum absolute atomic E-state index is 12.8. The fourth-order valence-electron chi connectivity index (χ4n) is 3.66. The van der Waals surface area contributed by atoms with Crippen molar-refractivity contribution < 1.29 is 12.6 Å². The first-order valence-corrected chi connectivity index (χ1v) is 11.3. The minimum atomic E-state index is -3.84. The summed E-state index contributed by atoms with van der Waals surface area (Å²) in [5.74, 6) is 6.34.